The van der Waals surface area contributed by atoms with Gasteiger partial charge in [0.25, 0.3) is 0 Å². The van der Waals surface area contributed by atoms with E-state index >= 15 is 0 Å². The van der Waals surface area contributed by atoms with Crippen LogP contribution in [0.2, 0.25) is 0 Å². The summed E-state index contributed by atoms with van der Waals surface area (Å²) in [5.74, 6) is 0.206. The van der Waals surface area contributed by atoms with E-state index in [0.29, 0.717) is 23.8 Å². The van der Waals surface area contributed by atoms with Gasteiger partial charge in [0.15, 0.2) is 18.1 Å². The summed E-state index contributed by atoms with van der Waals surface area (Å²) in [6.45, 7) is 3.25. The van der Waals surface area contributed by atoms with Gasteiger partial charge in [-0.1, -0.05) is 0 Å². The highest BCUT2D eigenvalue weighted by atomic mass is 16.6. The SMILES string of the molecule is CCOC(=O)COc1ccc(NC(C)=O)cc1OC. The maximum absolute atomic E-state index is 11.2. The third-order valence-electron chi connectivity index (χ3n) is 2.13. The van der Waals surface area contributed by atoms with Crippen molar-refractivity contribution >= 4 is 17.6 Å². The van der Waals surface area contributed by atoms with Crippen molar-refractivity contribution in [2.75, 3.05) is 25.6 Å². The Bertz CT molecular complexity index is 458. The third-order valence-corrected chi connectivity index (χ3v) is 2.13. The van der Waals surface area contributed by atoms with Crippen molar-refractivity contribution in [3.05, 3.63) is 18.2 Å². The molecule has 1 aromatic carbocycles. The zero-order valence-corrected chi connectivity index (χ0v) is 11.2. The molecule has 104 valence electrons. The number of hydrogen-bond donors (Lipinski definition) is 1. The van der Waals surface area contributed by atoms with Crippen LogP contribution in [-0.4, -0.2) is 32.2 Å². The molecule has 0 heterocycles. The van der Waals surface area contributed by atoms with Gasteiger partial charge in [-0.05, 0) is 19.1 Å². The molecule has 0 aromatic heterocycles. The van der Waals surface area contributed by atoms with Gasteiger partial charge in [-0.2, -0.15) is 0 Å². The van der Waals surface area contributed by atoms with Gasteiger partial charge < -0.3 is 19.5 Å². The van der Waals surface area contributed by atoms with Crippen LogP contribution in [0.5, 0.6) is 11.5 Å². The van der Waals surface area contributed by atoms with Crippen molar-refractivity contribution in [2.24, 2.45) is 0 Å². The topological polar surface area (TPSA) is 73.9 Å². The highest BCUT2D eigenvalue weighted by Gasteiger charge is 2.09. The number of methoxy groups -OCH3 is 1. The second-order valence-corrected chi connectivity index (χ2v) is 3.64. The van der Waals surface area contributed by atoms with Gasteiger partial charge in [-0.25, -0.2) is 4.79 Å². The highest BCUT2D eigenvalue weighted by Crippen LogP contribution is 2.30. The number of esters is 1. The standard InChI is InChI=1S/C13H17NO5/c1-4-18-13(16)8-19-11-6-5-10(14-9(2)15)7-12(11)17-3/h5-7H,4,8H2,1-3H3,(H,14,15). The Kier molecular flexibility index (Phi) is 5.66. The van der Waals surface area contributed by atoms with Gasteiger partial charge in [-0.3, -0.25) is 4.79 Å². The molecule has 0 radical (unpaired) electrons. The molecule has 0 saturated carbocycles. The van der Waals surface area contributed by atoms with Gasteiger partial charge in [0, 0.05) is 18.7 Å². The van der Waals surface area contributed by atoms with Crippen molar-refractivity contribution in [1.82, 2.24) is 0 Å². The Morgan fingerprint density at radius 3 is 2.58 bits per heavy atom. The molecule has 1 amide bonds. The second kappa shape index (κ2) is 7.25. The summed E-state index contributed by atoms with van der Waals surface area (Å²) in [6, 6.07) is 4.88. The molecule has 6 nitrogen and oxygen atoms in total. The van der Waals surface area contributed by atoms with Gasteiger partial charge in [-0.15, -0.1) is 0 Å². The second-order valence-electron chi connectivity index (χ2n) is 3.64. The number of carbonyl (C=O) groups excluding carboxylic acids is 2. The Labute approximate surface area is 111 Å². The van der Waals surface area contributed by atoms with Crippen molar-refractivity contribution in [1.29, 1.82) is 0 Å². The lowest BCUT2D eigenvalue weighted by atomic mass is 10.2. The first kappa shape index (κ1) is 14.8. The number of anilines is 1. The van der Waals surface area contributed by atoms with Gasteiger partial charge in [0.2, 0.25) is 5.91 Å². The monoisotopic (exact) mass is 267 g/mol. The zero-order valence-electron chi connectivity index (χ0n) is 11.2. The molecule has 0 aliphatic rings. The van der Waals surface area contributed by atoms with Gasteiger partial charge >= 0.3 is 5.97 Å². The summed E-state index contributed by atoms with van der Waals surface area (Å²) in [5, 5.41) is 2.63. The first-order valence-electron chi connectivity index (χ1n) is 5.80. The summed E-state index contributed by atoms with van der Waals surface area (Å²) >= 11 is 0. The average molecular weight is 267 g/mol. The molecule has 1 N–H and O–H groups in total. The minimum atomic E-state index is -0.449. The predicted octanol–water partition coefficient (Wildman–Crippen LogP) is 1.60. The molecule has 0 atom stereocenters. The normalized spacial score (nSPS) is 9.63. The highest BCUT2D eigenvalue weighted by molar-refractivity contribution is 5.89. The van der Waals surface area contributed by atoms with Crippen LogP contribution in [0.4, 0.5) is 5.69 Å². The molecule has 1 aromatic rings. The molecule has 0 aliphatic carbocycles. The summed E-state index contributed by atoms with van der Waals surface area (Å²) < 4.78 is 15.2. The lowest BCUT2D eigenvalue weighted by Crippen LogP contribution is -2.15. The fourth-order valence-corrected chi connectivity index (χ4v) is 1.41. The molecule has 6 heteroatoms. The van der Waals surface area contributed by atoms with E-state index in [0.717, 1.165) is 0 Å². The third kappa shape index (κ3) is 4.87. The number of ether oxygens (including phenoxy) is 3. The van der Waals surface area contributed by atoms with Crippen LogP contribution < -0.4 is 14.8 Å². The molecular formula is C13H17NO5. The molecule has 0 fully saturated rings. The van der Waals surface area contributed by atoms with Crippen LogP contribution in [0.25, 0.3) is 0 Å². The van der Waals surface area contributed by atoms with Crippen LogP contribution >= 0.6 is 0 Å². The minimum absolute atomic E-state index is 0.178. The van der Waals surface area contributed by atoms with E-state index in [1.54, 1.807) is 25.1 Å². The van der Waals surface area contributed by atoms with Crippen LogP contribution in [0, 0.1) is 0 Å². The van der Waals surface area contributed by atoms with E-state index in [4.69, 9.17) is 14.2 Å². The molecule has 0 spiro atoms. The minimum Gasteiger partial charge on any atom is -0.493 e. The molecule has 19 heavy (non-hydrogen) atoms. The van der Waals surface area contributed by atoms with Crippen molar-refractivity contribution < 1.29 is 23.8 Å². The van der Waals surface area contributed by atoms with Crippen LogP contribution in [0.15, 0.2) is 18.2 Å². The maximum Gasteiger partial charge on any atom is 0.344 e. The summed E-state index contributed by atoms with van der Waals surface area (Å²) in [6.07, 6.45) is 0. The summed E-state index contributed by atoms with van der Waals surface area (Å²) in [7, 11) is 1.48. The molecule has 0 unspecified atom stereocenters. The summed E-state index contributed by atoms with van der Waals surface area (Å²) in [5.41, 5.74) is 0.591. The zero-order chi connectivity index (χ0) is 14.3. The predicted molar refractivity (Wildman–Crippen MR) is 69.4 cm³/mol. The largest absolute Gasteiger partial charge is 0.493 e. The first-order valence-corrected chi connectivity index (χ1v) is 5.80. The van der Waals surface area contributed by atoms with E-state index < -0.39 is 5.97 Å². The molecule has 0 aliphatic heterocycles. The fourth-order valence-electron chi connectivity index (χ4n) is 1.41. The van der Waals surface area contributed by atoms with Crippen molar-refractivity contribution in [3.63, 3.8) is 0 Å². The Morgan fingerprint density at radius 2 is 2.00 bits per heavy atom. The number of nitrogens with one attached hydrogen (secondary N) is 1. The maximum atomic E-state index is 11.2. The number of rotatable bonds is 6. The Hall–Kier alpha value is -2.24. The number of carbonyl (C=O) groups is 2. The quantitative estimate of drug-likeness (QED) is 0.792. The Balaban J connectivity index is 2.73. The smallest absolute Gasteiger partial charge is 0.344 e. The fraction of sp³-hybridized carbons (Fsp3) is 0.385. The van der Waals surface area contributed by atoms with Crippen molar-refractivity contribution in [2.45, 2.75) is 13.8 Å². The molecular weight excluding hydrogens is 250 g/mol. The lowest BCUT2D eigenvalue weighted by molar-refractivity contribution is -0.145. The van der Waals surface area contributed by atoms with Gasteiger partial charge in [0.1, 0.15) is 0 Å². The van der Waals surface area contributed by atoms with E-state index in [1.165, 1.54) is 14.0 Å². The van der Waals surface area contributed by atoms with Crippen LogP contribution in [0.3, 0.4) is 0 Å². The number of amides is 1. The van der Waals surface area contributed by atoms with E-state index in [9.17, 15) is 9.59 Å². The number of benzene rings is 1. The average Bonchev–Trinajstić information content (AvgIpc) is 2.36. The van der Waals surface area contributed by atoms with Crippen LogP contribution in [0.1, 0.15) is 13.8 Å². The Morgan fingerprint density at radius 1 is 1.26 bits per heavy atom. The van der Waals surface area contributed by atoms with Gasteiger partial charge in [0.05, 0.1) is 13.7 Å². The summed E-state index contributed by atoms with van der Waals surface area (Å²) in [4.78, 5) is 22.1. The van der Waals surface area contributed by atoms with E-state index in [2.05, 4.69) is 5.32 Å². The molecule has 0 bridgehead atoms. The van der Waals surface area contributed by atoms with E-state index in [1.807, 2.05) is 0 Å². The number of hydrogen-bond acceptors (Lipinski definition) is 5. The van der Waals surface area contributed by atoms with E-state index in [-0.39, 0.29) is 12.5 Å². The molecule has 1 rings (SSSR count). The first-order chi connectivity index (χ1) is 9.06. The lowest BCUT2D eigenvalue weighted by Gasteiger charge is -2.11. The van der Waals surface area contributed by atoms with Crippen LogP contribution in [-0.2, 0) is 14.3 Å². The van der Waals surface area contributed by atoms with Crippen molar-refractivity contribution in [3.8, 4) is 11.5 Å². The molecule has 0 saturated heterocycles.